The van der Waals surface area contributed by atoms with Crippen molar-refractivity contribution in [1.82, 2.24) is 10.3 Å². The zero-order valence-electron chi connectivity index (χ0n) is 19.9. The third-order valence-corrected chi connectivity index (χ3v) is 7.35. The lowest BCUT2D eigenvalue weighted by Gasteiger charge is -2.24. The average Bonchev–Trinajstić information content (AvgIpc) is 3.50. The number of aromatic amines is 1. The van der Waals surface area contributed by atoms with Gasteiger partial charge in [0, 0.05) is 35.6 Å². The minimum absolute atomic E-state index is 0.0785. The van der Waals surface area contributed by atoms with Crippen LogP contribution in [0.3, 0.4) is 0 Å². The number of carbonyl (C=O) groups excluding carboxylic acids is 3. The molecule has 0 bridgehead atoms. The highest BCUT2D eigenvalue weighted by Gasteiger charge is 2.46. The van der Waals surface area contributed by atoms with Crippen LogP contribution in [-0.4, -0.2) is 35.6 Å². The number of fused-ring (bicyclic) bond motifs is 1. The Morgan fingerprint density at radius 2 is 2.09 bits per heavy atom. The maximum absolute atomic E-state index is 13.3. The molecule has 1 aromatic heterocycles. The number of nitriles is 2. The fraction of sp³-hybridized carbons (Fsp3) is 0.519. The van der Waals surface area contributed by atoms with E-state index in [1.54, 1.807) is 13.2 Å². The maximum Gasteiger partial charge on any atom is 0.224 e. The second-order valence-corrected chi connectivity index (χ2v) is 9.86. The summed E-state index contributed by atoms with van der Waals surface area (Å²) in [6.07, 6.45) is 4.94. The number of nitrogens with one attached hydrogen (secondary N) is 2. The van der Waals surface area contributed by atoms with Crippen LogP contribution in [0.15, 0.2) is 24.3 Å². The van der Waals surface area contributed by atoms with Crippen LogP contribution >= 0.6 is 0 Å². The molecule has 2 N–H and O–H groups in total. The highest BCUT2D eigenvalue weighted by atomic mass is 16.5. The number of methoxy groups -OCH3 is 1. The smallest absolute Gasteiger partial charge is 0.224 e. The highest BCUT2D eigenvalue weighted by Crippen LogP contribution is 2.50. The summed E-state index contributed by atoms with van der Waals surface area (Å²) in [5.74, 6) is -0.827. The second-order valence-electron chi connectivity index (χ2n) is 9.86. The van der Waals surface area contributed by atoms with Crippen molar-refractivity contribution in [2.45, 2.75) is 63.8 Å². The quantitative estimate of drug-likeness (QED) is 0.495. The Hall–Kier alpha value is -3.65. The van der Waals surface area contributed by atoms with Crippen LogP contribution in [-0.2, 0) is 9.59 Å². The molecule has 1 aromatic carbocycles. The van der Waals surface area contributed by atoms with Crippen molar-refractivity contribution < 1.29 is 19.1 Å². The lowest BCUT2D eigenvalue weighted by Crippen LogP contribution is -2.41. The van der Waals surface area contributed by atoms with Crippen LogP contribution in [0.5, 0.6) is 5.75 Å². The number of Topliss-reactive ketones (excluding diaryl/α,β-unsaturated/α-hetero) is 2. The zero-order chi connectivity index (χ0) is 25.0. The Labute approximate surface area is 204 Å². The number of ketones is 2. The van der Waals surface area contributed by atoms with Crippen molar-refractivity contribution in [2.75, 3.05) is 7.11 Å². The van der Waals surface area contributed by atoms with Crippen molar-refractivity contribution in [3.8, 4) is 17.9 Å². The van der Waals surface area contributed by atoms with Gasteiger partial charge in [0.05, 0.1) is 30.4 Å². The van der Waals surface area contributed by atoms with Gasteiger partial charge in [-0.05, 0) is 56.7 Å². The Bertz CT molecular complexity index is 1210. The first-order chi connectivity index (χ1) is 16.9. The average molecular weight is 475 g/mol. The first-order valence-electron chi connectivity index (χ1n) is 12.2. The number of H-pyrrole nitrogens is 1. The molecule has 2 aliphatic rings. The number of amides is 1. The standard InChI is InChI=1S/C27H30N4O4/c1-35-25-8-4-6-21-20(25)13-22(31-21)24(33)12-18(14-27(16-29)9-10-27)26(34)30-19(15-28)11-17-5-2-3-7-23(17)32/h4,6,8,13,17-19,31H,2-3,5,7,9-12,14H2,1H3,(H,30,34)/t17-,18-,19-/m0/s1. The fourth-order valence-electron chi connectivity index (χ4n) is 5.05. The van der Waals surface area contributed by atoms with Crippen molar-refractivity contribution in [2.24, 2.45) is 17.3 Å². The van der Waals surface area contributed by atoms with E-state index in [-0.39, 0.29) is 36.7 Å². The molecule has 0 saturated heterocycles. The zero-order valence-corrected chi connectivity index (χ0v) is 19.9. The first-order valence-corrected chi connectivity index (χ1v) is 12.2. The first kappa shape index (κ1) is 24.5. The van der Waals surface area contributed by atoms with Crippen molar-refractivity contribution >= 4 is 28.4 Å². The lowest BCUT2D eigenvalue weighted by molar-refractivity contribution is -0.127. The summed E-state index contributed by atoms with van der Waals surface area (Å²) in [5.41, 5.74) is 0.535. The minimum atomic E-state index is -0.804. The Morgan fingerprint density at radius 3 is 2.74 bits per heavy atom. The molecule has 1 heterocycles. The number of aromatic nitrogens is 1. The molecule has 0 unspecified atom stereocenters. The Morgan fingerprint density at radius 1 is 1.29 bits per heavy atom. The van der Waals surface area contributed by atoms with Crippen LogP contribution in [0.2, 0.25) is 0 Å². The topological polar surface area (TPSA) is 136 Å². The highest BCUT2D eigenvalue weighted by molar-refractivity contribution is 6.02. The van der Waals surface area contributed by atoms with E-state index in [1.807, 2.05) is 18.2 Å². The van der Waals surface area contributed by atoms with Gasteiger partial charge in [0.15, 0.2) is 5.78 Å². The van der Waals surface area contributed by atoms with Crippen LogP contribution in [0.25, 0.3) is 10.9 Å². The van der Waals surface area contributed by atoms with Gasteiger partial charge in [0.2, 0.25) is 5.91 Å². The summed E-state index contributed by atoms with van der Waals surface area (Å²) in [6, 6.07) is 10.8. The molecule has 2 aliphatic carbocycles. The van der Waals surface area contributed by atoms with E-state index >= 15 is 0 Å². The second kappa shape index (κ2) is 10.3. The van der Waals surface area contributed by atoms with E-state index in [0.717, 1.165) is 30.2 Å². The molecular weight excluding hydrogens is 444 g/mol. The van der Waals surface area contributed by atoms with E-state index in [1.165, 1.54) is 0 Å². The van der Waals surface area contributed by atoms with Crippen LogP contribution < -0.4 is 10.1 Å². The predicted octanol–water partition coefficient (Wildman–Crippen LogP) is 4.22. The number of hydrogen-bond acceptors (Lipinski definition) is 6. The minimum Gasteiger partial charge on any atom is -0.496 e. The van der Waals surface area contributed by atoms with Gasteiger partial charge in [0.25, 0.3) is 0 Å². The predicted molar refractivity (Wildman–Crippen MR) is 128 cm³/mol. The Kier molecular flexibility index (Phi) is 7.21. The molecule has 0 radical (unpaired) electrons. The van der Waals surface area contributed by atoms with Gasteiger partial charge in [-0.2, -0.15) is 10.5 Å². The molecule has 0 spiro atoms. The van der Waals surface area contributed by atoms with Crippen molar-refractivity contribution in [3.05, 3.63) is 30.0 Å². The normalized spacial score (nSPS) is 20.3. The molecule has 4 rings (SSSR count). The lowest BCUT2D eigenvalue weighted by atomic mass is 9.83. The monoisotopic (exact) mass is 474 g/mol. The van der Waals surface area contributed by atoms with Crippen molar-refractivity contribution in [3.63, 3.8) is 0 Å². The van der Waals surface area contributed by atoms with E-state index in [2.05, 4.69) is 22.4 Å². The summed E-state index contributed by atoms with van der Waals surface area (Å²) < 4.78 is 5.37. The fourth-order valence-corrected chi connectivity index (χ4v) is 5.05. The number of hydrogen-bond donors (Lipinski definition) is 2. The third kappa shape index (κ3) is 5.54. The molecule has 0 aliphatic heterocycles. The molecule has 8 heteroatoms. The molecule has 3 atom stereocenters. The van der Waals surface area contributed by atoms with E-state index in [0.29, 0.717) is 30.7 Å². The molecule has 2 aromatic rings. The third-order valence-electron chi connectivity index (χ3n) is 7.35. The number of nitrogens with zero attached hydrogens (tertiary/aromatic N) is 2. The molecule has 1 amide bonds. The van der Waals surface area contributed by atoms with Gasteiger partial charge in [-0.25, -0.2) is 0 Å². The summed E-state index contributed by atoms with van der Waals surface area (Å²) in [7, 11) is 1.56. The number of rotatable bonds is 10. The van der Waals surface area contributed by atoms with Crippen LogP contribution in [0.4, 0.5) is 0 Å². The van der Waals surface area contributed by atoms with E-state index < -0.39 is 23.3 Å². The van der Waals surface area contributed by atoms with Gasteiger partial charge >= 0.3 is 0 Å². The number of ether oxygens (including phenoxy) is 1. The molecule has 182 valence electrons. The number of carbonyl (C=O) groups is 3. The molecular formula is C27H30N4O4. The van der Waals surface area contributed by atoms with Crippen LogP contribution in [0, 0.1) is 39.9 Å². The molecule has 2 fully saturated rings. The van der Waals surface area contributed by atoms with Gasteiger partial charge in [0.1, 0.15) is 17.6 Å². The SMILES string of the molecule is COc1cccc2[nH]c(C(=O)C[C@@H](CC3(C#N)CC3)C(=O)N[C@H](C#N)C[C@@H]3CCCCC3=O)cc12. The van der Waals surface area contributed by atoms with Gasteiger partial charge in [-0.1, -0.05) is 12.5 Å². The summed E-state index contributed by atoms with van der Waals surface area (Å²) >= 11 is 0. The van der Waals surface area contributed by atoms with Gasteiger partial charge in [-0.3, -0.25) is 14.4 Å². The van der Waals surface area contributed by atoms with E-state index in [9.17, 15) is 24.9 Å². The van der Waals surface area contributed by atoms with Crippen LogP contribution in [0.1, 0.15) is 68.3 Å². The summed E-state index contributed by atoms with van der Waals surface area (Å²) in [6.45, 7) is 0. The Balaban J connectivity index is 1.49. The molecule has 8 nitrogen and oxygen atoms in total. The largest absolute Gasteiger partial charge is 0.496 e. The molecule has 35 heavy (non-hydrogen) atoms. The number of benzene rings is 1. The van der Waals surface area contributed by atoms with Gasteiger partial charge in [-0.15, -0.1) is 0 Å². The maximum atomic E-state index is 13.3. The summed E-state index contributed by atoms with van der Waals surface area (Å²) in [4.78, 5) is 41.8. The summed E-state index contributed by atoms with van der Waals surface area (Å²) in [5, 5.41) is 22.8. The van der Waals surface area contributed by atoms with Crippen molar-refractivity contribution in [1.29, 1.82) is 10.5 Å². The van der Waals surface area contributed by atoms with E-state index in [4.69, 9.17) is 4.74 Å². The molecule has 2 saturated carbocycles. The van der Waals surface area contributed by atoms with Gasteiger partial charge < -0.3 is 15.0 Å².